The van der Waals surface area contributed by atoms with Crippen LogP contribution in [0.3, 0.4) is 0 Å². The Balaban J connectivity index is 0.00000180. The lowest BCUT2D eigenvalue weighted by molar-refractivity contribution is -0.126. The zero-order valence-electron chi connectivity index (χ0n) is 24.4. The van der Waals surface area contributed by atoms with Crippen molar-refractivity contribution in [3.8, 4) is 18.9 Å². The Kier molecular flexibility index (Phi) is 8.71. The largest absolute Gasteiger partial charge is 0.393 e. The summed E-state index contributed by atoms with van der Waals surface area (Å²) in [6, 6.07) is 10.5. The number of nitrogens with one attached hydrogen (secondary N) is 1. The molecule has 1 aliphatic heterocycles. The number of hydrogen-bond acceptors (Lipinski definition) is 7. The Morgan fingerprint density at radius 3 is 2.53 bits per heavy atom. The highest BCUT2D eigenvalue weighted by molar-refractivity contribution is 7.18. The summed E-state index contributed by atoms with van der Waals surface area (Å²) < 4.78 is 40.8. The van der Waals surface area contributed by atoms with Crippen molar-refractivity contribution in [3.05, 3.63) is 52.3 Å². The smallest absolute Gasteiger partial charge is 0.367 e. The molecule has 1 aliphatic carbocycles. The molecule has 226 valence electrons. The number of nitriles is 1. The maximum atomic E-state index is 12.9. The fraction of sp³-hybridized carbons (Fsp3) is 0.469. The van der Waals surface area contributed by atoms with E-state index < -0.39 is 12.6 Å². The predicted molar refractivity (Wildman–Crippen MR) is 166 cm³/mol. The SMILES string of the molecule is C#C.Cc1c(CN2CCC(Nc3ncnc4sc(CC(F)(F)F)cc34)CC2)ccc2c1cc(C#N)n2CC1CC(C)(N)C1. The van der Waals surface area contributed by atoms with E-state index >= 15 is 0 Å². The van der Waals surface area contributed by atoms with Gasteiger partial charge in [-0.2, -0.15) is 18.4 Å². The number of aromatic nitrogens is 3. The Morgan fingerprint density at radius 2 is 1.88 bits per heavy atom. The van der Waals surface area contributed by atoms with E-state index in [0.29, 0.717) is 27.6 Å². The number of terminal acetylenes is 1. The van der Waals surface area contributed by atoms with Gasteiger partial charge in [0.25, 0.3) is 0 Å². The van der Waals surface area contributed by atoms with Gasteiger partial charge in [0.05, 0.1) is 11.8 Å². The summed E-state index contributed by atoms with van der Waals surface area (Å²) >= 11 is 1.07. The molecule has 11 heteroatoms. The lowest BCUT2D eigenvalue weighted by atomic mass is 9.70. The van der Waals surface area contributed by atoms with Crippen molar-refractivity contribution < 1.29 is 13.2 Å². The zero-order chi connectivity index (χ0) is 30.9. The Hall–Kier alpha value is -3.64. The van der Waals surface area contributed by atoms with E-state index in [0.717, 1.165) is 74.1 Å². The molecule has 43 heavy (non-hydrogen) atoms. The number of halogens is 3. The standard InChI is InChI=1S/C30H34F3N7S.C2H2/c1-18-20(3-4-26-24(18)9-22(14-34)40(26)15-19-11-29(2,35)12-19)16-39-7-5-21(6-8-39)38-27-25-10-23(13-30(31,32)33)41-28(25)37-17-36-27;1-2/h3-4,9-10,17,19,21H,5-8,11-13,15-16,35H2,1-2H3,(H,36,37,38);1-2H. The van der Waals surface area contributed by atoms with Crippen molar-refractivity contribution in [2.45, 2.75) is 76.8 Å². The van der Waals surface area contributed by atoms with Gasteiger partial charge >= 0.3 is 6.18 Å². The van der Waals surface area contributed by atoms with Gasteiger partial charge in [-0.15, -0.1) is 24.2 Å². The average molecular weight is 608 g/mol. The van der Waals surface area contributed by atoms with Gasteiger partial charge in [-0.25, -0.2) is 9.97 Å². The topological polar surface area (TPSA) is 95.8 Å². The molecule has 0 unspecified atom stereocenters. The minimum absolute atomic E-state index is 0.0857. The monoisotopic (exact) mass is 607 g/mol. The zero-order valence-corrected chi connectivity index (χ0v) is 25.2. The minimum Gasteiger partial charge on any atom is -0.367 e. The number of alkyl halides is 3. The van der Waals surface area contributed by atoms with Gasteiger partial charge in [0.1, 0.15) is 28.7 Å². The van der Waals surface area contributed by atoms with Gasteiger partial charge in [-0.3, -0.25) is 4.90 Å². The van der Waals surface area contributed by atoms with Crippen LogP contribution in [0.2, 0.25) is 0 Å². The van der Waals surface area contributed by atoms with Crippen molar-refractivity contribution in [1.29, 1.82) is 5.26 Å². The van der Waals surface area contributed by atoms with Crippen LogP contribution in [0.15, 0.2) is 30.6 Å². The van der Waals surface area contributed by atoms with Crippen LogP contribution < -0.4 is 11.1 Å². The molecule has 6 rings (SSSR count). The first-order chi connectivity index (χ1) is 20.5. The van der Waals surface area contributed by atoms with Crippen molar-refractivity contribution in [1.82, 2.24) is 19.4 Å². The first-order valence-electron chi connectivity index (χ1n) is 14.4. The van der Waals surface area contributed by atoms with Crippen LogP contribution in [-0.4, -0.2) is 50.3 Å². The van der Waals surface area contributed by atoms with Crippen LogP contribution in [0, 0.1) is 37.0 Å². The number of fused-ring (bicyclic) bond motifs is 2. The molecule has 2 fully saturated rings. The number of anilines is 1. The summed E-state index contributed by atoms with van der Waals surface area (Å²) in [5.41, 5.74) is 10.4. The molecule has 1 aromatic carbocycles. The molecular formula is C32H36F3N7S. The van der Waals surface area contributed by atoms with Crippen LogP contribution >= 0.6 is 11.3 Å². The summed E-state index contributed by atoms with van der Waals surface area (Å²) in [5.74, 6) is 1.11. The molecule has 2 aliphatic rings. The van der Waals surface area contributed by atoms with Crippen LogP contribution in [0.4, 0.5) is 19.0 Å². The Bertz CT molecular complexity index is 1660. The average Bonchev–Trinajstić information content (AvgIpc) is 3.52. The quantitative estimate of drug-likeness (QED) is 0.237. The van der Waals surface area contributed by atoms with Gasteiger partial charge in [0.2, 0.25) is 0 Å². The molecule has 3 N–H and O–H groups in total. The van der Waals surface area contributed by atoms with E-state index in [1.165, 1.54) is 17.5 Å². The summed E-state index contributed by atoms with van der Waals surface area (Å²) in [7, 11) is 0. The van der Waals surface area contributed by atoms with E-state index in [1.807, 2.05) is 6.07 Å². The first kappa shape index (κ1) is 30.8. The van der Waals surface area contributed by atoms with Crippen LogP contribution in [0.25, 0.3) is 21.1 Å². The molecule has 0 amide bonds. The van der Waals surface area contributed by atoms with Crippen LogP contribution in [-0.2, 0) is 19.5 Å². The second-order valence-corrected chi connectivity index (χ2v) is 13.2. The number of nitrogens with zero attached hydrogens (tertiary/aromatic N) is 5. The maximum Gasteiger partial charge on any atom is 0.393 e. The number of hydrogen-bond donors (Lipinski definition) is 2. The van der Waals surface area contributed by atoms with Gasteiger partial charge in [-0.1, -0.05) is 6.07 Å². The Morgan fingerprint density at radius 1 is 1.16 bits per heavy atom. The number of benzene rings is 1. The normalized spacial score (nSPS) is 21.2. The molecule has 3 aromatic heterocycles. The number of nitrogens with two attached hydrogens (primary N) is 1. The third kappa shape index (κ3) is 6.80. The summed E-state index contributed by atoms with van der Waals surface area (Å²) in [6.45, 7) is 7.69. The van der Waals surface area contributed by atoms with Crippen LogP contribution in [0.5, 0.6) is 0 Å². The number of likely N-dealkylation sites (tertiary alicyclic amines) is 1. The summed E-state index contributed by atoms with van der Waals surface area (Å²) in [4.78, 5) is 11.8. The number of piperidine rings is 1. The highest BCUT2D eigenvalue weighted by Crippen LogP contribution is 2.38. The van der Waals surface area contributed by atoms with Gasteiger partial charge in [0, 0.05) is 53.5 Å². The molecule has 0 spiro atoms. The molecule has 0 radical (unpaired) electrons. The van der Waals surface area contributed by atoms with E-state index in [4.69, 9.17) is 5.73 Å². The van der Waals surface area contributed by atoms with Gasteiger partial charge < -0.3 is 15.6 Å². The molecule has 1 saturated heterocycles. The fourth-order valence-corrected chi connectivity index (χ4v) is 7.63. The molecule has 7 nitrogen and oxygen atoms in total. The Labute approximate surface area is 253 Å². The lowest BCUT2D eigenvalue weighted by Gasteiger charge is -2.42. The van der Waals surface area contributed by atoms with Crippen molar-refractivity contribution >= 4 is 38.3 Å². The molecular weight excluding hydrogens is 571 g/mol. The number of thiophene rings is 1. The first-order valence-corrected chi connectivity index (χ1v) is 15.2. The van der Waals surface area contributed by atoms with E-state index in [-0.39, 0.29) is 16.5 Å². The van der Waals surface area contributed by atoms with E-state index in [2.05, 4.69) is 69.6 Å². The lowest BCUT2D eigenvalue weighted by Crippen LogP contribution is -2.50. The highest BCUT2D eigenvalue weighted by Gasteiger charge is 2.37. The van der Waals surface area contributed by atoms with E-state index in [9.17, 15) is 18.4 Å². The predicted octanol–water partition coefficient (Wildman–Crippen LogP) is 6.38. The van der Waals surface area contributed by atoms with E-state index in [1.54, 1.807) is 6.07 Å². The molecule has 0 bridgehead atoms. The second-order valence-electron chi connectivity index (χ2n) is 12.1. The van der Waals surface area contributed by atoms with Crippen LogP contribution in [0.1, 0.15) is 54.3 Å². The van der Waals surface area contributed by atoms with Gasteiger partial charge in [-0.05, 0) is 74.8 Å². The van der Waals surface area contributed by atoms with Gasteiger partial charge in [0.15, 0.2) is 0 Å². The van der Waals surface area contributed by atoms with Crippen molar-refractivity contribution in [2.24, 2.45) is 11.7 Å². The number of aryl methyl sites for hydroxylation is 1. The highest BCUT2D eigenvalue weighted by atomic mass is 32.1. The fourth-order valence-electron chi connectivity index (χ4n) is 6.60. The molecule has 1 saturated carbocycles. The number of rotatable bonds is 7. The summed E-state index contributed by atoms with van der Waals surface area (Å²) in [6.07, 6.45) is 7.99. The third-order valence-electron chi connectivity index (χ3n) is 8.61. The third-order valence-corrected chi connectivity index (χ3v) is 9.65. The van der Waals surface area contributed by atoms with Crippen molar-refractivity contribution in [3.63, 3.8) is 0 Å². The minimum atomic E-state index is -4.25. The maximum absolute atomic E-state index is 12.9. The summed E-state index contributed by atoms with van der Waals surface area (Å²) in [5, 5.41) is 15.1. The molecule has 4 heterocycles. The molecule has 4 aromatic rings. The second kappa shape index (κ2) is 12.2. The molecule has 0 atom stereocenters. The van der Waals surface area contributed by atoms with Crippen molar-refractivity contribution in [2.75, 3.05) is 18.4 Å².